The molecule has 26 heavy (non-hydrogen) atoms. The van der Waals surface area contributed by atoms with Crippen LogP contribution >= 0.6 is 11.6 Å². The van der Waals surface area contributed by atoms with E-state index in [-0.39, 0.29) is 0 Å². The Bertz CT molecular complexity index is 950. The molecule has 0 saturated heterocycles. The van der Waals surface area contributed by atoms with E-state index in [2.05, 4.69) is 26.9 Å². The summed E-state index contributed by atoms with van der Waals surface area (Å²) in [5.74, 6) is 1.70. The largest absolute Gasteiger partial charge is 0.381 e. The van der Waals surface area contributed by atoms with Gasteiger partial charge in [0.25, 0.3) is 0 Å². The Kier molecular flexibility index (Phi) is 4.82. The second-order valence-electron chi connectivity index (χ2n) is 6.01. The van der Waals surface area contributed by atoms with Crippen molar-refractivity contribution in [1.29, 1.82) is 0 Å². The second kappa shape index (κ2) is 7.40. The Morgan fingerprint density at radius 3 is 2.77 bits per heavy atom. The molecule has 0 atom stereocenters. The fourth-order valence-electron chi connectivity index (χ4n) is 3.17. The van der Waals surface area contributed by atoms with E-state index in [4.69, 9.17) is 21.3 Å². The summed E-state index contributed by atoms with van der Waals surface area (Å²) in [5.41, 5.74) is 3.97. The van der Waals surface area contributed by atoms with E-state index < -0.39 is 0 Å². The predicted molar refractivity (Wildman–Crippen MR) is 102 cm³/mol. The third kappa shape index (κ3) is 3.16. The number of nitrogens with zero attached hydrogens (tertiary/aromatic N) is 4. The highest BCUT2D eigenvalue weighted by atomic mass is 35.5. The molecule has 0 spiro atoms. The minimum absolute atomic E-state index is 0.470. The van der Waals surface area contributed by atoms with E-state index >= 15 is 0 Å². The maximum Gasteiger partial charge on any atom is 0.159 e. The predicted octanol–water partition coefficient (Wildman–Crippen LogP) is 3.85. The first-order valence-corrected chi connectivity index (χ1v) is 9.07. The van der Waals surface area contributed by atoms with Crippen molar-refractivity contribution >= 4 is 17.3 Å². The fourth-order valence-corrected chi connectivity index (χ4v) is 3.35. The highest BCUT2D eigenvalue weighted by Gasteiger charge is 2.22. The van der Waals surface area contributed by atoms with Crippen LogP contribution in [0.15, 0.2) is 53.5 Å². The number of hydrogen-bond donors (Lipinski definition) is 0. The van der Waals surface area contributed by atoms with Crippen LogP contribution in [0.1, 0.15) is 29.7 Å². The third-order valence-corrected chi connectivity index (χ3v) is 4.59. The summed E-state index contributed by atoms with van der Waals surface area (Å²) in [7, 11) is 0. The summed E-state index contributed by atoms with van der Waals surface area (Å²) < 4.78 is 7.58. The highest BCUT2D eigenvalue weighted by Crippen LogP contribution is 2.28. The summed E-state index contributed by atoms with van der Waals surface area (Å²) in [6.45, 7) is 3.76. The Morgan fingerprint density at radius 1 is 1.12 bits per heavy atom. The number of rotatable bonds is 5. The van der Waals surface area contributed by atoms with Gasteiger partial charge in [-0.25, -0.2) is 0 Å². The Balaban J connectivity index is 1.84. The smallest absolute Gasteiger partial charge is 0.159 e. The molecule has 1 aromatic heterocycles. The molecule has 0 bridgehead atoms. The first-order chi connectivity index (χ1) is 12.8. The first kappa shape index (κ1) is 16.9. The molecule has 2 heterocycles. The Labute approximate surface area is 157 Å². The molecule has 132 valence electrons. The van der Waals surface area contributed by atoms with Crippen molar-refractivity contribution in [2.24, 2.45) is 4.99 Å². The number of hydrogen-bond acceptors (Lipinski definition) is 4. The fraction of sp³-hybridized carbons (Fsp3) is 0.250. The van der Waals surface area contributed by atoms with Crippen LogP contribution in [-0.2, 0) is 17.7 Å². The van der Waals surface area contributed by atoms with E-state index in [1.165, 1.54) is 0 Å². The van der Waals surface area contributed by atoms with Gasteiger partial charge in [-0.1, -0.05) is 41.9 Å². The SMILES string of the molecule is CCOCCc1nnc2n1-c1ccc(Cl)cc1C(c1ccccc1)=NC2. The zero-order valence-corrected chi connectivity index (χ0v) is 15.3. The quantitative estimate of drug-likeness (QED) is 0.644. The zero-order chi connectivity index (χ0) is 17.9. The van der Waals surface area contributed by atoms with Crippen LogP contribution in [0, 0.1) is 0 Å². The van der Waals surface area contributed by atoms with E-state index in [0.717, 1.165) is 34.2 Å². The lowest BCUT2D eigenvalue weighted by molar-refractivity contribution is 0.149. The number of fused-ring (bicyclic) bond motifs is 3. The van der Waals surface area contributed by atoms with Gasteiger partial charge in [-0.15, -0.1) is 10.2 Å². The van der Waals surface area contributed by atoms with E-state index in [9.17, 15) is 0 Å². The first-order valence-electron chi connectivity index (χ1n) is 8.69. The number of aliphatic imine (C=N–C) groups is 1. The average Bonchev–Trinajstić information content (AvgIpc) is 2.98. The van der Waals surface area contributed by atoms with Crippen molar-refractivity contribution in [3.8, 4) is 5.69 Å². The van der Waals surface area contributed by atoms with Gasteiger partial charge in [0.2, 0.25) is 0 Å². The monoisotopic (exact) mass is 366 g/mol. The van der Waals surface area contributed by atoms with Crippen LogP contribution in [-0.4, -0.2) is 33.7 Å². The molecule has 4 rings (SSSR count). The maximum absolute atomic E-state index is 6.31. The van der Waals surface area contributed by atoms with E-state index in [1.54, 1.807) is 0 Å². The van der Waals surface area contributed by atoms with Gasteiger partial charge in [0.15, 0.2) is 5.82 Å². The number of halogens is 1. The lowest BCUT2D eigenvalue weighted by atomic mass is 10.0. The normalized spacial score (nSPS) is 12.9. The molecule has 3 aromatic rings. The molecule has 0 fully saturated rings. The van der Waals surface area contributed by atoms with Crippen LogP contribution in [0.3, 0.4) is 0 Å². The van der Waals surface area contributed by atoms with Crippen LogP contribution in [0.5, 0.6) is 0 Å². The lowest BCUT2D eigenvalue weighted by Gasteiger charge is -2.14. The molecule has 0 amide bonds. The summed E-state index contributed by atoms with van der Waals surface area (Å²) in [6.07, 6.45) is 0.698. The summed E-state index contributed by atoms with van der Waals surface area (Å²) in [5, 5.41) is 9.40. The van der Waals surface area contributed by atoms with Gasteiger partial charge in [0.05, 0.1) is 18.0 Å². The highest BCUT2D eigenvalue weighted by molar-refractivity contribution is 6.31. The van der Waals surface area contributed by atoms with Crippen molar-refractivity contribution in [1.82, 2.24) is 14.8 Å². The van der Waals surface area contributed by atoms with Gasteiger partial charge in [0.1, 0.15) is 12.4 Å². The van der Waals surface area contributed by atoms with Gasteiger partial charge in [-0.05, 0) is 25.1 Å². The van der Waals surface area contributed by atoms with Crippen LogP contribution in [0.4, 0.5) is 0 Å². The molecule has 2 aromatic carbocycles. The maximum atomic E-state index is 6.31. The standard InChI is InChI=1S/C20H19ClN4O/c1-2-26-11-10-18-23-24-19-13-22-20(14-6-4-3-5-7-14)16-12-15(21)8-9-17(16)25(18)19/h3-9,12H,2,10-11,13H2,1H3. The molecule has 1 aliphatic heterocycles. The topological polar surface area (TPSA) is 52.3 Å². The average molecular weight is 367 g/mol. The molecule has 5 nitrogen and oxygen atoms in total. The van der Waals surface area contributed by atoms with Crippen molar-refractivity contribution < 1.29 is 4.74 Å². The molecule has 1 aliphatic rings. The van der Waals surface area contributed by atoms with Gasteiger partial charge < -0.3 is 4.74 Å². The molecule has 0 radical (unpaired) electrons. The minimum atomic E-state index is 0.470. The van der Waals surface area contributed by atoms with Crippen molar-refractivity contribution in [3.63, 3.8) is 0 Å². The number of ether oxygens (including phenoxy) is 1. The van der Waals surface area contributed by atoms with Crippen molar-refractivity contribution in [2.75, 3.05) is 13.2 Å². The molecule has 0 aliphatic carbocycles. The number of benzene rings is 2. The zero-order valence-electron chi connectivity index (χ0n) is 14.5. The molecule has 6 heteroatoms. The van der Waals surface area contributed by atoms with Crippen LogP contribution in [0.25, 0.3) is 5.69 Å². The van der Waals surface area contributed by atoms with E-state index in [1.807, 2.05) is 43.3 Å². The summed E-state index contributed by atoms with van der Waals surface area (Å²) >= 11 is 6.31. The molecular weight excluding hydrogens is 348 g/mol. The van der Waals surface area contributed by atoms with E-state index in [0.29, 0.717) is 31.2 Å². The Hall–Kier alpha value is -2.50. The molecule has 0 saturated carbocycles. The molecule has 0 unspecified atom stereocenters. The number of aromatic nitrogens is 3. The van der Waals surface area contributed by atoms with Crippen LogP contribution in [0.2, 0.25) is 5.02 Å². The molecule has 0 N–H and O–H groups in total. The second-order valence-corrected chi connectivity index (χ2v) is 6.44. The van der Waals surface area contributed by atoms with Gasteiger partial charge in [0, 0.05) is 29.2 Å². The molecular formula is C20H19ClN4O. The lowest BCUT2D eigenvalue weighted by Crippen LogP contribution is -2.11. The Morgan fingerprint density at radius 2 is 1.96 bits per heavy atom. The summed E-state index contributed by atoms with van der Waals surface area (Å²) in [4.78, 5) is 4.83. The van der Waals surface area contributed by atoms with Gasteiger partial charge in [-0.2, -0.15) is 0 Å². The van der Waals surface area contributed by atoms with Crippen molar-refractivity contribution in [3.05, 3.63) is 76.3 Å². The van der Waals surface area contributed by atoms with Gasteiger partial charge in [-0.3, -0.25) is 9.56 Å². The van der Waals surface area contributed by atoms with Crippen molar-refractivity contribution in [2.45, 2.75) is 19.9 Å². The third-order valence-electron chi connectivity index (χ3n) is 4.35. The minimum Gasteiger partial charge on any atom is -0.381 e. The summed E-state index contributed by atoms with van der Waals surface area (Å²) in [6, 6.07) is 16.0. The van der Waals surface area contributed by atoms with Crippen LogP contribution < -0.4 is 0 Å². The van der Waals surface area contributed by atoms with Gasteiger partial charge >= 0.3 is 0 Å².